The zero-order chi connectivity index (χ0) is 52.9. The van der Waals surface area contributed by atoms with Gasteiger partial charge in [-0.2, -0.15) is 0 Å². The Morgan fingerprint density at radius 3 is 0.795 bits per heavy atom. The summed E-state index contributed by atoms with van der Waals surface area (Å²) in [6, 6.07) is 0. The molecule has 1 atom stereocenters. The maximum Gasteiger partial charge on any atom is 0.306 e. The molecule has 73 heavy (non-hydrogen) atoms. The van der Waals surface area contributed by atoms with Gasteiger partial charge in [-0.15, -0.1) is 0 Å². The second kappa shape index (κ2) is 61.9. The van der Waals surface area contributed by atoms with E-state index in [0.717, 1.165) is 83.5 Å². The SMILES string of the molecule is CCCCC/C=C\C/C=C\CCCCCCCCCCCC(=O)OC(COC(=O)CCCCCCC/C=C\C/C=C\CCCCCC)COC(=O)CCCCCCCCCCCCCCCCCCCCCC. The second-order valence-corrected chi connectivity index (χ2v) is 21.7. The van der Waals surface area contributed by atoms with Crippen LogP contribution in [0.1, 0.15) is 342 Å². The molecule has 426 valence electrons. The summed E-state index contributed by atoms with van der Waals surface area (Å²) in [5.41, 5.74) is 0. The molecule has 0 heterocycles. The maximum absolute atomic E-state index is 12.9. The van der Waals surface area contributed by atoms with Gasteiger partial charge in [0.05, 0.1) is 0 Å². The van der Waals surface area contributed by atoms with Crippen molar-refractivity contribution in [2.75, 3.05) is 13.2 Å². The molecule has 0 spiro atoms. The van der Waals surface area contributed by atoms with Crippen molar-refractivity contribution in [3.63, 3.8) is 0 Å². The molecule has 0 aromatic carbocycles. The Morgan fingerprint density at radius 2 is 0.493 bits per heavy atom. The molecule has 0 aliphatic heterocycles. The molecule has 0 aliphatic carbocycles. The third-order valence-electron chi connectivity index (χ3n) is 14.3. The van der Waals surface area contributed by atoms with Crippen molar-refractivity contribution in [3.05, 3.63) is 48.6 Å². The fourth-order valence-corrected chi connectivity index (χ4v) is 9.45. The monoisotopic (exact) mass is 1020 g/mol. The van der Waals surface area contributed by atoms with Crippen molar-refractivity contribution < 1.29 is 28.6 Å². The Hall–Kier alpha value is -2.63. The van der Waals surface area contributed by atoms with Gasteiger partial charge in [0.2, 0.25) is 0 Å². The Bertz CT molecular complexity index is 1270. The molecule has 0 aliphatic rings. The van der Waals surface area contributed by atoms with Crippen LogP contribution in [-0.2, 0) is 28.6 Å². The molecule has 0 rings (SSSR count). The summed E-state index contributed by atoms with van der Waals surface area (Å²) in [5, 5.41) is 0. The Kier molecular flexibility index (Phi) is 59.7. The number of ether oxygens (including phenoxy) is 3. The van der Waals surface area contributed by atoms with Crippen molar-refractivity contribution in [3.8, 4) is 0 Å². The molecule has 0 aromatic heterocycles. The van der Waals surface area contributed by atoms with E-state index in [1.807, 2.05) is 0 Å². The summed E-state index contributed by atoms with van der Waals surface area (Å²) in [6.45, 7) is 6.64. The predicted molar refractivity (Wildman–Crippen MR) is 316 cm³/mol. The third kappa shape index (κ3) is 60.1. The number of hydrogen-bond donors (Lipinski definition) is 0. The lowest BCUT2D eigenvalue weighted by atomic mass is 10.0. The molecule has 0 radical (unpaired) electrons. The Labute approximate surface area is 454 Å². The minimum atomic E-state index is -0.780. The summed E-state index contributed by atoms with van der Waals surface area (Å²) in [6.07, 6.45) is 76.8. The summed E-state index contributed by atoms with van der Waals surface area (Å²) in [7, 11) is 0. The molecule has 0 bridgehead atoms. The number of carbonyl (C=O) groups is 3. The predicted octanol–water partition coefficient (Wildman–Crippen LogP) is 21.8. The van der Waals surface area contributed by atoms with Crippen LogP contribution < -0.4 is 0 Å². The van der Waals surface area contributed by atoms with Crippen LogP contribution in [0.4, 0.5) is 0 Å². The molecule has 1 unspecified atom stereocenters. The number of unbranched alkanes of at least 4 members (excludes halogenated alkanes) is 40. The average molecular weight is 1020 g/mol. The molecule has 0 aromatic rings. The van der Waals surface area contributed by atoms with Crippen molar-refractivity contribution in [2.45, 2.75) is 348 Å². The largest absolute Gasteiger partial charge is 0.462 e. The summed E-state index contributed by atoms with van der Waals surface area (Å²) in [4.78, 5) is 38.3. The maximum atomic E-state index is 12.9. The van der Waals surface area contributed by atoms with Crippen molar-refractivity contribution in [2.24, 2.45) is 0 Å². The van der Waals surface area contributed by atoms with E-state index in [1.54, 1.807) is 0 Å². The molecular formula is C67H122O6. The van der Waals surface area contributed by atoms with Gasteiger partial charge in [0.1, 0.15) is 13.2 Å². The lowest BCUT2D eigenvalue weighted by Gasteiger charge is -2.18. The number of carbonyl (C=O) groups excluding carboxylic acids is 3. The summed E-state index contributed by atoms with van der Waals surface area (Å²) < 4.78 is 16.9. The molecule has 0 amide bonds. The lowest BCUT2D eigenvalue weighted by Crippen LogP contribution is -2.30. The molecule has 0 N–H and O–H groups in total. The van der Waals surface area contributed by atoms with Gasteiger partial charge in [0.25, 0.3) is 0 Å². The van der Waals surface area contributed by atoms with Crippen LogP contribution >= 0.6 is 0 Å². The van der Waals surface area contributed by atoms with Crippen molar-refractivity contribution >= 4 is 17.9 Å². The summed E-state index contributed by atoms with van der Waals surface area (Å²) in [5.74, 6) is -0.873. The first-order chi connectivity index (χ1) is 36.0. The fourth-order valence-electron chi connectivity index (χ4n) is 9.45. The average Bonchev–Trinajstić information content (AvgIpc) is 3.39. The minimum Gasteiger partial charge on any atom is -0.462 e. The van der Waals surface area contributed by atoms with Gasteiger partial charge >= 0.3 is 17.9 Å². The van der Waals surface area contributed by atoms with E-state index in [-0.39, 0.29) is 31.1 Å². The van der Waals surface area contributed by atoms with E-state index in [0.29, 0.717) is 19.3 Å². The lowest BCUT2D eigenvalue weighted by molar-refractivity contribution is -0.167. The van der Waals surface area contributed by atoms with E-state index in [2.05, 4.69) is 69.4 Å². The van der Waals surface area contributed by atoms with E-state index >= 15 is 0 Å². The highest BCUT2D eigenvalue weighted by Gasteiger charge is 2.19. The van der Waals surface area contributed by atoms with Crippen molar-refractivity contribution in [1.29, 1.82) is 0 Å². The number of allylic oxidation sites excluding steroid dienone is 8. The van der Waals surface area contributed by atoms with E-state index in [4.69, 9.17) is 14.2 Å². The van der Waals surface area contributed by atoms with Crippen molar-refractivity contribution in [1.82, 2.24) is 0 Å². The van der Waals surface area contributed by atoms with Crippen LogP contribution in [0.2, 0.25) is 0 Å². The second-order valence-electron chi connectivity index (χ2n) is 21.7. The van der Waals surface area contributed by atoms with Crippen LogP contribution in [0.15, 0.2) is 48.6 Å². The highest BCUT2D eigenvalue weighted by atomic mass is 16.6. The number of esters is 3. The van der Waals surface area contributed by atoms with Crippen LogP contribution in [-0.4, -0.2) is 37.2 Å². The summed E-state index contributed by atoms with van der Waals surface area (Å²) >= 11 is 0. The molecular weight excluding hydrogens is 901 g/mol. The minimum absolute atomic E-state index is 0.0757. The topological polar surface area (TPSA) is 78.9 Å². The molecule has 6 heteroatoms. The fraction of sp³-hybridized carbons (Fsp3) is 0.836. The molecule has 0 fully saturated rings. The zero-order valence-corrected chi connectivity index (χ0v) is 48.9. The first kappa shape index (κ1) is 70.4. The Balaban J connectivity index is 4.35. The van der Waals surface area contributed by atoms with Gasteiger partial charge in [-0.25, -0.2) is 0 Å². The zero-order valence-electron chi connectivity index (χ0n) is 48.9. The standard InChI is InChI=1S/C67H122O6/c1-4-7-10-13-16-19-22-25-28-31-33-35-36-39-42-45-48-51-54-57-60-66(69)72-63-64(62-71-65(68)59-56-53-50-47-44-41-38-30-27-24-21-18-15-12-9-6-3)73-67(70)61-58-55-52-49-46-43-40-37-34-32-29-26-23-20-17-14-11-8-5-2/h17,20-21,24,26,29-30,38,64H,4-16,18-19,22-23,25,27-28,31-37,39-63H2,1-3H3/b20-17-,24-21-,29-26-,38-30-. The Morgan fingerprint density at radius 1 is 0.274 bits per heavy atom. The first-order valence-corrected chi connectivity index (χ1v) is 32.1. The normalized spacial score (nSPS) is 12.3. The highest BCUT2D eigenvalue weighted by Crippen LogP contribution is 2.17. The molecule has 6 nitrogen and oxygen atoms in total. The van der Waals surface area contributed by atoms with Crippen LogP contribution in [0.5, 0.6) is 0 Å². The van der Waals surface area contributed by atoms with Crippen LogP contribution in [0, 0.1) is 0 Å². The van der Waals surface area contributed by atoms with Gasteiger partial charge in [-0.3, -0.25) is 14.4 Å². The van der Waals surface area contributed by atoms with E-state index in [9.17, 15) is 14.4 Å². The van der Waals surface area contributed by atoms with E-state index < -0.39 is 6.10 Å². The van der Waals surface area contributed by atoms with Gasteiger partial charge < -0.3 is 14.2 Å². The van der Waals surface area contributed by atoms with Crippen LogP contribution in [0.3, 0.4) is 0 Å². The number of hydrogen-bond acceptors (Lipinski definition) is 6. The third-order valence-corrected chi connectivity index (χ3v) is 14.3. The molecule has 0 saturated heterocycles. The first-order valence-electron chi connectivity index (χ1n) is 32.1. The van der Waals surface area contributed by atoms with Gasteiger partial charge in [0, 0.05) is 19.3 Å². The smallest absolute Gasteiger partial charge is 0.306 e. The van der Waals surface area contributed by atoms with Gasteiger partial charge in [-0.05, 0) is 83.5 Å². The van der Waals surface area contributed by atoms with Crippen LogP contribution in [0.25, 0.3) is 0 Å². The highest BCUT2D eigenvalue weighted by molar-refractivity contribution is 5.71. The van der Waals surface area contributed by atoms with Gasteiger partial charge in [-0.1, -0.05) is 288 Å². The van der Waals surface area contributed by atoms with Gasteiger partial charge in [0.15, 0.2) is 6.10 Å². The number of rotatable bonds is 59. The molecule has 0 saturated carbocycles. The quantitative estimate of drug-likeness (QED) is 0.0261. The van der Waals surface area contributed by atoms with E-state index in [1.165, 1.54) is 218 Å².